The fourth-order valence-corrected chi connectivity index (χ4v) is 3.63. The average molecular weight is 492 g/mol. The highest BCUT2D eigenvalue weighted by Crippen LogP contribution is 2.30. The van der Waals surface area contributed by atoms with E-state index in [1.807, 2.05) is 13.8 Å². The molecule has 2 aromatic carbocycles. The summed E-state index contributed by atoms with van der Waals surface area (Å²) >= 11 is 0. The van der Waals surface area contributed by atoms with Crippen molar-refractivity contribution in [2.24, 2.45) is 0 Å². The number of carbonyl (C=O) groups is 1. The molecule has 0 fully saturated rings. The van der Waals surface area contributed by atoms with E-state index < -0.39 is 29.0 Å². The van der Waals surface area contributed by atoms with Gasteiger partial charge in [-0.1, -0.05) is 6.07 Å². The molecule has 0 unspecified atom stereocenters. The maximum absolute atomic E-state index is 13.0. The van der Waals surface area contributed by atoms with Crippen molar-refractivity contribution in [3.63, 3.8) is 0 Å². The Hall–Kier alpha value is -3.56. The molecule has 7 nitrogen and oxygen atoms in total. The summed E-state index contributed by atoms with van der Waals surface area (Å²) in [4.78, 5) is 25.2. The zero-order valence-corrected chi connectivity index (χ0v) is 20.5. The van der Waals surface area contributed by atoms with E-state index in [0.717, 1.165) is 28.8 Å². The molecule has 0 amide bonds. The molecule has 0 saturated carbocycles. The molecule has 1 aromatic heterocycles. The number of hydrogen-bond acceptors (Lipinski definition) is 5. The summed E-state index contributed by atoms with van der Waals surface area (Å²) in [7, 11) is 0. The Morgan fingerprint density at radius 2 is 1.63 bits per heavy atom. The largest absolute Gasteiger partial charge is 0.476 e. The smallest absolute Gasteiger partial charge is 0.416 e. The molecular formula is C25H28F3N3O4. The molecule has 0 aliphatic rings. The number of hydrogen-bond donors (Lipinski definition) is 0. The van der Waals surface area contributed by atoms with Crippen molar-refractivity contribution >= 4 is 5.97 Å². The Morgan fingerprint density at radius 3 is 2.20 bits per heavy atom. The van der Waals surface area contributed by atoms with Gasteiger partial charge in [0.05, 0.1) is 24.4 Å². The van der Waals surface area contributed by atoms with Gasteiger partial charge >= 0.3 is 17.8 Å². The third-order valence-corrected chi connectivity index (χ3v) is 5.76. The van der Waals surface area contributed by atoms with Crippen LogP contribution in [0.5, 0.6) is 5.75 Å². The predicted octanol–water partition coefficient (Wildman–Crippen LogP) is 4.75. The van der Waals surface area contributed by atoms with Crippen molar-refractivity contribution in [2.75, 3.05) is 6.61 Å². The number of rotatable bonds is 7. The Balaban J connectivity index is 1.88. The van der Waals surface area contributed by atoms with Crippen LogP contribution in [0.4, 0.5) is 13.2 Å². The molecule has 0 aliphatic heterocycles. The number of ether oxygens (including phenoxy) is 2. The van der Waals surface area contributed by atoms with Gasteiger partial charge in [0.25, 0.3) is 0 Å². The van der Waals surface area contributed by atoms with E-state index in [1.165, 1.54) is 21.4 Å². The van der Waals surface area contributed by atoms with Crippen LogP contribution >= 0.6 is 0 Å². The minimum Gasteiger partial charge on any atom is -0.476 e. The fourth-order valence-electron chi connectivity index (χ4n) is 3.63. The lowest BCUT2D eigenvalue weighted by Crippen LogP contribution is -2.40. The van der Waals surface area contributed by atoms with Gasteiger partial charge < -0.3 is 9.47 Å². The first-order chi connectivity index (χ1) is 16.3. The second-order valence-electron chi connectivity index (χ2n) is 8.67. The van der Waals surface area contributed by atoms with Crippen molar-refractivity contribution < 1.29 is 27.4 Å². The van der Waals surface area contributed by atoms with E-state index in [2.05, 4.69) is 5.10 Å². The van der Waals surface area contributed by atoms with Crippen LogP contribution in [0, 0.1) is 20.8 Å². The lowest BCUT2D eigenvalue weighted by molar-refractivity contribution is -0.158. The summed E-state index contributed by atoms with van der Waals surface area (Å²) in [6.45, 7) is 10.7. The van der Waals surface area contributed by atoms with Crippen molar-refractivity contribution in [3.8, 4) is 11.4 Å². The summed E-state index contributed by atoms with van der Waals surface area (Å²) in [5.74, 6) is 0.389. The molecule has 0 saturated heterocycles. The number of alkyl halides is 3. The van der Waals surface area contributed by atoms with E-state index in [4.69, 9.17) is 9.47 Å². The second kappa shape index (κ2) is 9.59. The molecule has 0 aliphatic carbocycles. The molecule has 0 bridgehead atoms. The first kappa shape index (κ1) is 26.1. The summed E-state index contributed by atoms with van der Waals surface area (Å²) in [5, 5.41) is 4.30. The Kier molecular flexibility index (Phi) is 7.14. The van der Waals surface area contributed by atoms with Crippen LogP contribution in [-0.4, -0.2) is 32.5 Å². The Morgan fingerprint density at radius 1 is 1.00 bits per heavy atom. The highest BCUT2D eigenvalue weighted by molar-refractivity contribution is 5.79. The van der Waals surface area contributed by atoms with Gasteiger partial charge in [-0.25, -0.2) is 18.8 Å². The van der Waals surface area contributed by atoms with E-state index in [-0.39, 0.29) is 13.2 Å². The fraction of sp³-hybridized carbons (Fsp3) is 0.400. The van der Waals surface area contributed by atoms with Gasteiger partial charge in [-0.05, 0) is 88.6 Å². The van der Waals surface area contributed by atoms with Crippen molar-refractivity contribution in [1.82, 2.24) is 14.3 Å². The third kappa shape index (κ3) is 5.41. The van der Waals surface area contributed by atoms with Gasteiger partial charge in [0, 0.05) is 0 Å². The molecule has 0 spiro atoms. The predicted molar refractivity (Wildman–Crippen MR) is 124 cm³/mol. The normalized spacial score (nSPS) is 12.0. The van der Waals surface area contributed by atoms with Crippen LogP contribution in [0.3, 0.4) is 0 Å². The van der Waals surface area contributed by atoms with Crippen LogP contribution in [0.1, 0.15) is 48.8 Å². The summed E-state index contributed by atoms with van der Waals surface area (Å²) in [6, 6.07) is 7.87. The van der Waals surface area contributed by atoms with E-state index in [0.29, 0.717) is 17.3 Å². The number of esters is 1. The second-order valence-corrected chi connectivity index (χ2v) is 8.67. The average Bonchev–Trinajstić information content (AvgIpc) is 3.05. The number of benzene rings is 2. The van der Waals surface area contributed by atoms with Crippen molar-refractivity contribution in [2.45, 2.75) is 59.9 Å². The number of aryl methyl sites for hydroxylation is 1. The van der Waals surface area contributed by atoms with Crippen LogP contribution in [0.25, 0.3) is 5.69 Å². The van der Waals surface area contributed by atoms with Crippen LogP contribution in [0.2, 0.25) is 0 Å². The molecule has 0 radical (unpaired) electrons. The highest BCUT2D eigenvalue weighted by Gasteiger charge is 2.32. The zero-order chi connectivity index (χ0) is 26.1. The van der Waals surface area contributed by atoms with Gasteiger partial charge in [0.2, 0.25) is 0 Å². The number of aromatic nitrogens is 3. The van der Waals surface area contributed by atoms with Gasteiger partial charge in [0.1, 0.15) is 11.6 Å². The SMILES string of the molecule is CCOC(=O)C(C)(C)Oc1ccc(Cn2nc(C)n(-c3ccc(C(F)(F)F)cc3)c2=O)c(C)c1C. The van der Waals surface area contributed by atoms with Gasteiger partial charge in [-0.2, -0.15) is 18.3 Å². The first-order valence-corrected chi connectivity index (χ1v) is 11.1. The van der Waals surface area contributed by atoms with Gasteiger partial charge in [-0.15, -0.1) is 0 Å². The van der Waals surface area contributed by atoms with Gasteiger partial charge in [0.15, 0.2) is 5.60 Å². The summed E-state index contributed by atoms with van der Waals surface area (Å²) < 4.78 is 52.1. The zero-order valence-electron chi connectivity index (χ0n) is 20.5. The Labute approximate surface area is 201 Å². The molecule has 1 heterocycles. The molecule has 3 rings (SSSR count). The minimum absolute atomic E-state index is 0.154. The molecule has 188 valence electrons. The van der Waals surface area contributed by atoms with E-state index in [9.17, 15) is 22.8 Å². The number of halogens is 3. The maximum Gasteiger partial charge on any atom is 0.416 e. The van der Waals surface area contributed by atoms with Crippen molar-refractivity contribution in [3.05, 3.63) is 75.0 Å². The monoisotopic (exact) mass is 491 g/mol. The summed E-state index contributed by atoms with van der Waals surface area (Å²) in [5.41, 5.74) is 0.320. The molecular weight excluding hydrogens is 463 g/mol. The van der Waals surface area contributed by atoms with Crippen LogP contribution < -0.4 is 10.4 Å². The molecule has 10 heteroatoms. The minimum atomic E-state index is -4.46. The summed E-state index contributed by atoms with van der Waals surface area (Å²) in [6.07, 6.45) is -4.46. The van der Waals surface area contributed by atoms with Crippen molar-refractivity contribution in [1.29, 1.82) is 0 Å². The standard InChI is InChI=1S/C25H28F3N3O4/c1-7-34-22(32)24(5,6)35-21-13-8-18(15(2)16(21)3)14-30-23(33)31(17(4)29-30)20-11-9-19(10-12-20)25(26,27)28/h8-13H,7,14H2,1-6H3. The molecule has 0 N–H and O–H groups in total. The highest BCUT2D eigenvalue weighted by atomic mass is 19.4. The van der Waals surface area contributed by atoms with Crippen LogP contribution in [-0.2, 0) is 22.3 Å². The number of nitrogens with zero attached hydrogens (tertiary/aromatic N) is 3. The lowest BCUT2D eigenvalue weighted by atomic mass is 10.0. The number of carbonyl (C=O) groups excluding carboxylic acids is 1. The van der Waals surface area contributed by atoms with E-state index >= 15 is 0 Å². The molecule has 35 heavy (non-hydrogen) atoms. The Bertz CT molecular complexity index is 1290. The third-order valence-electron chi connectivity index (χ3n) is 5.76. The topological polar surface area (TPSA) is 75.3 Å². The molecule has 0 atom stereocenters. The van der Waals surface area contributed by atoms with Gasteiger partial charge in [-0.3, -0.25) is 0 Å². The van der Waals surface area contributed by atoms with E-state index in [1.54, 1.807) is 39.8 Å². The molecule has 3 aromatic rings. The first-order valence-electron chi connectivity index (χ1n) is 11.1. The van der Waals surface area contributed by atoms with Crippen LogP contribution in [0.15, 0.2) is 41.2 Å². The maximum atomic E-state index is 13.0. The quantitative estimate of drug-likeness (QED) is 0.446. The lowest BCUT2D eigenvalue weighted by Gasteiger charge is -2.26.